The summed E-state index contributed by atoms with van der Waals surface area (Å²) in [5.74, 6) is 0. The second-order valence-electron chi connectivity index (χ2n) is 4.55. The minimum Gasteiger partial charge on any atom is -0.310 e. The summed E-state index contributed by atoms with van der Waals surface area (Å²) >= 11 is 5.31. The van der Waals surface area contributed by atoms with Gasteiger partial charge in [-0.15, -0.1) is 11.3 Å². The molecule has 0 aliphatic rings. The van der Waals surface area contributed by atoms with Crippen molar-refractivity contribution in [1.82, 2.24) is 15.5 Å². The molecule has 0 spiro atoms. The van der Waals surface area contributed by atoms with Gasteiger partial charge in [0.05, 0.1) is 15.2 Å². The molecule has 5 heteroatoms. The minimum atomic E-state index is 0.296. The first-order chi connectivity index (χ1) is 9.10. The number of rotatable bonds is 5. The summed E-state index contributed by atoms with van der Waals surface area (Å²) in [5, 5.41) is 11.9. The van der Waals surface area contributed by atoms with Gasteiger partial charge in [-0.2, -0.15) is 10.2 Å². The van der Waals surface area contributed by atoms with Crippen molar-refractivity contribution in [3.8, 4) is 0 Å². The van der Waals surface area contributed by atoms with Crippen LogP contribution in [-0.4, -0.2) is 16.7 Å². The first-order valence-corrected chi connectivity index (χ1v) is 7.99. The van der Waals surface area contributed by atoms with Crippen molar-refractivity contribution in [3.05, 3.63) is 43.8 Å². The largest absolute Gasteiger partial charge is 0.310 e. The Morgan fingerprint density at radius 3 is 2.74 bits per heavy atom. The smallest absolute Gasteiger partial charge is 0.0701 e. The Bertz CT molecular complexity index is 553. The van der Waals surface area contributed by atoms with Crippen molar-refractivity contribution in [1.29, 1.82) is 0 Å². The van der Waals surface area contributed by atoms with Gasteiger partial charge < -0.3 is 5.32 Å². The van der Waals surface area contributed by atoms with E-state index in [1.54, 1.807) is 11.3 Å². The summed E-state index contributed by atoms with van der Waals surface area (Å²) in [5.41, 5.74) is 3.22. The Morgan fingerprint density at radius 1 is 1.32 bits per heavy atom. The maximum Gasteiger partial charge on any atom is 0.0701 e. The van der Waals surface area contributed by atoms with Crippen molar-refractivity contribution in [2.75, 3.05) is 6.54 Å². The topological polar surface area (TPSA) is 37.8 Å². The van der Waals surface area contributed by atoms with E-state index in [1.165, 1.54) is 14.2 Å². The lowest BCUT2D eigenvalue weighted by molar-refractivity contribution is 0.546. The van der Waals surface area contributed by atoms with Crippen LogP contribution in [0.1, 0.15) is 34.8 Å². The molecule has 0 saturated heterocycles. The second-order valence-corrected chi connectivity index (χ2v) is 7.09. The zero-order valence-corrected chi connectivity index (χ0v) is 13.8. The molecule has 0 aliphatic heterocycles. The molecule has 102 valence electrons. The predicted molar refractivity (Wildman–Crippen MR) is 83.6 cm³/mol. The van der Waals surface area contributed by atoms with Crippen LogP contribution in [0.25, 0.3) is 0 Å². The number of nitrogens with zero attached hydrogens (tertiary/aromatic N) is 2. The van der Waals surface area contributed by atoms with Crippen LogP contribution in [0.3, 0.4) is 0 Å². The number of hydrogen-bond donors (Lipinski definition) is 1. The first kappa shape index (κ1) is 14.6. The van der Waals surface area contributed by atoms with E-state index in [2.05, 4.69) is 56.6 Å². The molecular weight excluding hydrogens is 322 g/mol. The van der Waals surface area contributed by atoms with E-state index >= 15 is 0 Å². The van der Waals surface area contributed by atoms with Crippen LogP contribution < -0.4 is 5.32 Å². The van der Waals surface area contributed by atoms with Crippen LogP contribution >= 0.6 is 27.3 Å². The molecule has 2 aromatic heterocycles. The Morgan fingerprint density at radius 2 is 2.11 bits per heavy atom. The third-order valence-electron chi connectivity index (χ3n) is 3.00. The van der Waals surface area contributed by atoms with Gasteiger partial charge in [-0.1, -0.05) is 6.92 Å². The van der Waals surface area contributed by atoms with E-state index in [4.69, 9.17) is 0 Å². The fraction of sp³-hybridized carbons (Fsp3) is 0.429. The van der Waals surface area contributed by atoms with E-state index in [1.807, 2.05) is 13.8 Å². The molecule has 2 heterocycles. The van der Waals surface area contributed by atoms with Crippen LogP contribution in [0.15, 0.2) is 22.0 Å². The molecule has 0 amide bonds. The van der Waals surface area contributed by atoms with Gasteiger partial charge >= 0.3 is 0 Å². The minimum absolute atomic E-state index is 0.296. The molecule has 0 saturated carbocycles. The number of nitrogens with one attached hydrogen (secondary N) is 1. The number of halogens is 1. The monoisotopic (exact) mass is 339 g/mol. The highest BCUT2D eigenvalue weighted by atomic mass is 79.9. The molecule has 1 unspecified atom stereocenters. The number of thiophene rings is 1. The molecule has 19 heavy (non-hydrogen) atoms. The average Bonchev–Trinajstić information content (AvgIpc) is 2.77. The summed E-state index contributed by atoms with van der Waals surface area (Å²) in [7, 11) is 0. The van der Waals surface area contributed by atoms with E-state index in [-0.39, 0.29) is 0 Å². The predicted octanol–water partition coefficient (Wildman–Crippen LogP) is 3.81. The molecule has 0 aliphatic carbocycles. The van der Waals surface area contributed by atoms with Gasteiger partial charge in [0.2, 0.25) is 0 Å². The molecule has 3 nitrogen and oxygen atoms in total. The molecule has 2 aromatic rings. The van der Waals surface area contributed by atoms with Crippen LogP contribution in [0.4, 0.5) is 0 Å². The lowest BCUT2D eigenvalue weighted by Gasteiger charge is -2.19. The van der Waals surface area contributed by atoms with Gasteiger partial charge in [0.1, 0.15) is 0 Å². The summed E-state index contributed by atoms with van der Waals surface area (Å²) < 4.78 is 1.18. The van der Waals surface area contributed by atoms with Crippen LogP contribution in [0, 0.1) is 13.8 Å². The standard InChI is InChI=1S/C14H18BrN3S/c1-4-16-13(8-11-5-6-14(15)19-11)12-7-9(2)17-18-10(12)3/h5-7,13,16H,4,8H2,1-3H3. The zero-order chi connectivity index (χ0) is 13.8. The highest BCUT2D eigenvalue weighted by Gasteiger charge is 2.16. The number of aromatic nitrogens is 2. The van der Waals surface area contributed by atoms with Crippen molar-refractivity contribution in [2.24, 2.45) is 0 Å². The molecule has 0 radical (unpaired) electrons. The van der Waals surface area contributed by atoms with Gasteiger partial charge in [0.15, 0.2) is 0 Å². The Kier molecular flexibility index (Phi) is 5.07. The molecular formula is C14H18BrN3S. The van der Waals surface area contributed by atoms with Gasteiger partial charge in [-0.25, -0.2) is 0 Å². The van der Waals surface area contributed by atoms with E-state index in [0.29, 0.717) is 6.04 Å². The Balaban J connectivity index is 2.26. The SMILES string of the molecule is CCNC(Cc1ccc(Br)s1)c1cc(C)nnc1C. The fourth-order valence-corrected chi connectivity index (χ4v) is 3.65. The van der Waals surface area contributed by atoms with Crippen molar-refractivity contribution < 1.29 is 0 Å². The molecule has 1 atom stereocenters. The normalized spacial score (nSPS) is 12.6. The van der Waals surface area contributed by atoms with E-state index in [9.17, 15) is 0 Å². The lowest BCUT2D eigenvalue weighted by Crippen LogP contribution is -2.24. The van der Waals surface area contributed by atoms with Crippen molar-refractivity contribution in [2.45, 2.75) is 33.2 Å². The van der Waals surface area contributed by atoms with Gasteiger partial charge in [0.25, 0.3) is 0 Å². The van der Waals surface area contributed by atoms with Crippen molar-refractivity contribution >= 4 is 27.3 Å². The summed E-state index contributed by atoms with van der Waals surface area (Å²) in [6.45, 7) is 7.09. The van der Waals surface area contributed by atoms with Gasteiger partial charge in [-0.05, 0) is 60.1 Å². The molecule has 0 aromatic carbocycles. The Labute approximate surface area is 126 Å². The second kappa shape index (κ2) is 6.59. The molecule has 2 rings (SSSR count). The van der Waals surface area contributed by atoms with Gasteiger partial charge in [0, 0.05) is 17.3 Å². The van der Waals surface area contributed by atoms with Crippen LogP contribution in [0.5, 0.6) is 0 Å². The molecule has 0 bridgehead atoms. The number of aryl methyl sites for hydroxylation is 2. The van der Waals surface area contributed by atoms with Crippen molar-refractivity contribution in [3.63, 3.8) is 0 Å². The van der Waals surface area contributed by atoms with Crippen LogP contribution in [0.2, 0.25) is 0 Å². The van der Waals surface area contributed by atoms with Gasteiger partial charge in [-0.3, -0.25) is 0 Å². The Hall–Kier alpha value is -0.780. The highest BCUT2D eigenvalue weighted by Crippen LogP contribution is 2.27. The summed E-state index contributed by atoms with van der Waals surface area (Å²) in [6, 6.07) is 6.71. The highest BCUT2D eigenvalue weighted by molar-refractivity contribution is 9.11. The first-order valence-electron chi connectivity index (χ1n) is 6.38. The third-order valence-corrected chi connectivity index (χ3v) is 4.65. The maximum absolute atomic E-state index is 4.23. The maximum atomic E-state index is 4.23. The lowest BCUT2D eigenvalue weighted by atomic mass is 10.0. The number of hydrogen-bond acceptors (Lipinski definition) is 4. The summed E-state index contributed by atoms with van der Waals surface area (Å²) in [4.78, 5) is 1.37. The number of likely N-dealkylation sites (N-methyl/N-ethyl adjacent to an activating group) is 1. The third kappa shape index (κ3) is 3.84. The van der Waals surface area contributed by atoms with E-state index < -0.39 is 0 Å². The average molecular weight is 340 g/mol. The summed E-state index contributed by atoms with van der Waals surface area (Å²) in [6.07, 6.45) is 0.982. The van der Waals surface area contributed by atoms with Crippen LogP contribution in [-0.2, 0) is 6.42 Å². The fourth-order valence-electron chi connectivity index (χ4n) is 2.12. The molecule has 1 N–H and O–H groups in total. The quantitative estimate of drug-likeness (QED) is 0.899. The zero-order valence-electron chi connectivity index (χ0n) is 11.4. The van der Waals surface area contributed by atoms with E-state index in [0.717, 1.165) is 24.4 Å². The molecule has 0 fully saturated rings.